The summed E-state index contributed by atoms with van der Waals surface area (Å²) in [5.41, 5.74) is 2.30. The van der Waals surface area contributed by atoms with Gasteiger partial charge in [0.15, 0.2) is 6.10 Å². The van der Waals surface area contributed by atoms with Crippen LogP contribution in [0.25, 0.3) is 0 Å². The second-order valence-electron chi connectivity index (χ2n) is 6.91. The molecule has 0 saturated carbocycles. The number of nitrogens with zero attached hydrogens (tertiary/aromatic N) is 1. The van der Waals surface area contributed by atoms with Gasteiger partial charge in [-0.15, -0.1) is 0 Å². The number of piperidine rings is 1. The maximum absolute atomic E-state index is 12.2. The number of aryl methyl sites for hydroxylation is 2. The van der Waals surface area contributed by atoms with Gasteiger partial charge in [0.25, 0.3) is 5.91 Å². The van der Waals surface area contributed by atoms with E-state index in [1.54, 1.807) is 0 Å². The first-order valence-electron chi connectivity index (χ1n) is 8.65. The monoisotopic (exact) mass is 318 g/mol. The van der Waals surface area contributed by atoms with Crippen LogP contribution < -0.4 is 10.1 Å². The predicted octanol–water partition coefficient (Wildman–Crippen LogP) is 2.92. The van der Waals surface area contributed by atoms with Crippen LogP contribution in [-0.4, -0.2) is 43.6 Å². The molecule has 0 bridgehead atoms. The first-order chi connectivity index (χ1) is 10.9. The van der Waals surface area contributed by atoms with E-state index in [9.17, 15) is 4.79 Å². The maximum atomic E-state index is 12.2. The van der Waals surface area contributed by atoms with Crippen molar-refractivity contribution in [3.8, 4) is 5.75 Å². The lowest BCUT2D eigenvalue weighted by Gasteiger charge is -2.29. The first kappa shape index (κ1) is 17.8. The normalized spacial score (nSPS) is 17.7. The van der Waals surface area contributed by atoms with Crippen molar-refractivity contribution in [3.63, 3.8) is 0 Å². The third kappa shape index (κ3) is 5.87. The van der Waals surface area contributed by atoms with Crippen molar-refractivity contribution in [3.05, 3.63) is 29.3 Å². The van der Waals surface area contributed by atoms with E-state index in [4.69, 9.17) is 4.74 Å². The minimum Gasteiger partial charge on any atom is -0.481 e. The molecule has 0 aliphatic carbocycles. The summed E-state index contributed by atoms with van der Waals surface area (Å²) in [7, 11) is 2.17. The molecule has 1 heterocycles. The van der Waals surface area contributed by atoms with Gasteiger partial charge in [0.05, 0.1) is 0 Å². The standard InChI is InChI=1S/C19H30N2O2/c1-14-11-15(2)13-18(12-14)23-16(3)19(22)20-8-5-17-6-9-21(4)10-7-17/h11-13,16-17H,5-10H2,1-4H3,(H,20,22). The number of rotatable bonds is 6. The SMILES string of the molecule is Cc1cc(C)cc(OC(C)C(=O)NCCC2CCN(C)CC2)c1. The van der Waals surface area contributed by atoms with Gasteiger partial charge in [-0.1, -0.05) is 6.07 Å². The average molecular weight is 318 g/mol. The van der Waals surface area contributed by atoms with Crippen LogP contribution in [-0.2, 0) is 4.79 Å². The van der Waals surface area contributed by atoms with Crippen LogP contribution >= 0.6 is 0 Å². The quantitative estimate of drug-likeness (QED) is 0.877. The minimum absolute atomic E-state index is 0.0305. The smallest absolute Gasteiger partial charge is 0.260 e. The third-order valence-corrected chi connectivity index (χ3v) is 4.57. The molecule has 4 heteroatoms. The highest BCUT2D eigenvalue weighted by Gasteiger charge is 2.18. The Kier molecular flexibility index (Phi) is 6.46. The number of carbonyl (C=O) groups is 1. The molecule has 1 aromatic rings. The summed E-state index contributed by atoms with van der Waals surface area (Å²) in [6.07, 6.45) is 3.08. The summed E-state index contributed by atoms with van der Waals surface area (Å²) in [6.45, 7) is 8.96. The number of nitrogens with one attached hydrogen (secondary N) is 1. The topological polar surface area (TPSA) is 41.6 Å². The van der Waals surface area contributed by atoms with E-state index in [0.717, 1.165) is 35.8 Å². The zero-order valence-corrected chi connectivity index (χ0v) is 14.9. The third-order valence-electron chi connectivity index (χ3n) is 4.57. The molecule has 1 unspecified atom stereocenters. The largest absolute Gasteiger partial charge is 0.481 e. The summed E-state index contributed by atoms with van der Waals surface area (Å²) < 4.78 is 5.78. The van der Waals surface area contributed by atoms with Gasteiger partial charge in [0.1, 0.15) is 5.75 Å². The highest BCUT2D eigenvalue weighted by molar-refractivity contribution is 5.80. The van der Waals surface area contributed by atoms with E-state index in [1.807, 2.05) is 32.9 Å². The molecular weight excluding hydrogens is 288 g/mol. The fourth-order valence-electron chi connectivity index (χ4n) is 3.15. The summed E-state index contributed by atoms with van der Waals surface area (Å²) in [5, 5.41) is 3.01. The van der Waals surface area contributed by atoms with Gasteiger partial charge >= 0.3 is 0 Å². The molecule has 0 radical (unpaired) electrons. The average Bonchev–Trinajstić information content (AvgIpc) is 2.48. The zero-order valence-electron chi connectivity index (χ0n) is 14.9. The van der Waals surface area contributed by atoms with E-state index in [2.05, 4.69) is 23.3 Å². The maximum Gasteiger partial charge on any atom is 0.260 e. The van der Waals surface area contributed by atoms with Crippen molar-refractivity contribution in [2.45, 2.75) is 46.1 Å². The van der Waals surface area contributed by atoms with Crippen LogP contribution in [0.5, 0.6) is 5.75 Å². The minimum atomic E-state index is -0.464. The van der Waals surface area contributed by atoms with E-state index in [1.165, 1.54) is 25.9 Å². The number of ether oxygens (including phenoxy) is 1. The fourth-order valence-corrected chi connectivity index (χ4v) is 3.15. The van der Waals surface area contributed by atoms with Gasteiger partial charge in [0.2, 0.25) is 0 Å². The second kappa shape index (κ2) is 8.34. The van der Waals surface area contributed by atoms with Crippen LogP contribution in [0.1, 0.15) is 37.3 Å². The molecule has 1 fully saturated rings. The van der Waals surface area contributed by atoms with Gasteiger partial charge < -0.3 is 15.0 Å². The molecule has 1 aromatic carbocycles. The van der Waals surface area contributed by atoms with Crippen LogP contribution in [0.3, 0.4) is 0 Å². The number of benzene rings is 1. The van der Waals surface area contributed by atoms with Gasteiger partial charge in [0, 0.05) is 6.54 Å². The molecule has 1 amide bonds. The Morgan fingerprint density at radius 2 is 1.87 bits per heavy atom. The van der Waals surface area contributed by atoms with E-state index < -0.39 is 6.10 Å². The lowest BCUT2D eigenvalue weighted by atomic mass is 9.94. The van der Waals surface area contributed by atoms with Crippen molar-refractivity contribution in [1.29, 1.82) is 0 Å². The van der Waals surface area contributed by atoms with Crippen molar-refractivity contribution >= 4 is 5.91 Å². The highest BCUT2D eigenvalue weighted by Crippen LogP contribution is 2.19. The summed E-state index contributed by atoms with van der Waals surface area (Å²) in [5.74, 6) is 1.47. The molecule has 1 atom stereocenters. The second-order valence-corrected chi connectivity index (χ2v) is 6.91. The predicted molar refractivity (Wildman–Crippen MR) is 93.9 cm³/mol. The molecule has 23 heavy (non-hydrogen) atoms. The highest BCUT2D eigenvalue weighted by atomic mass is 16.5. The summed E-state index contributed by atoms with van der Waals surface area (Å²) >= 11 is 0. The van der Waals surface area contributed by atoms with E-state index in [0.29, 0.717) is 0 Å². The van der Waals surface area contributed by atoms with Gasteiger partial charge in [-0.2, -0.15) is 0 Å². The Morgan fingerprint density at radius 3 is 2.48 bits per heavy atom. The molecular formula is C19H30N2O2. The van der Waals surface area contributed by atoms with Crippen molar-refractivity contribution in [2.24, 2.45) is 5.92 Å². The van der Waals surface area contributed by atoms with Crippen molar-refractivity contribution in [1.82, 2.24) is 10.2 Å². The van der Waals surface area contributed by atoms with Crippen LogP contribution in [0.4, 0.5) is 0 Å². The Morgan fingerprint density at radius 1 is 1.26 bits per heavy atom. The molecule has 0 spiro atoms. The Balaban J connectivity index is 1.72. The molecule has 1 saturated heterocycles. The molecule has 2 rings (SSSR count). The lowest BCUT2D eigenvalue weighted by molar-refractivity contribution is -0.127. The van der Waals surface area contributed by atoms with Crippen LogP contribution in [0, 0.1) is 19.8 Å². The van der Waals surface area contributed by atoms with Gasteiger partial charge in [-0.3, -0.25) is 4.79 Å². The summed E-state index contributed by atoms with van der Waals surface area (Å²) in [4.78, 5) is 14.5. The van der Waals surface area contributed by atoms with E-state index >= 15 is 0 Å². The zero-order chi connectivity index (χ0) is 16.8. The molecule has 1 aliphatic heterocycles. The number of amides is 1. The molecule has 4 nitrogen and oxygen atoms in total. The summed E-state index contributed by atoms with van der Waals surface area (Å²) in [6, 6.07) is 6.03. The van der Waals surface area contributed by atoms with Gasteiger partial charge in [-0.25, -0.2) is 0 Å². The first-order valence-corrected chi connectivity index (χ1v) is 8.65. The number of hydrogen-bond donors (Lipinski definition) is 1. The molecule has 128 valence electrons. The molecule has 0 aromatic heterocycles. The van der Waals surface area contributed by atoms with E-state index in [-0.39, 0.29) is 5.91 Å². The number of carbonyl (C=O) groups excluding carboxylic acids is 1. The number of likely N-dealkylation sites (tertiary alicyclic amines) is 1. The Hall–Kier alpha value is -1.55. The van der Waals surface area contributed by atoms with Crippen LogP contribution in [0.15, 0.2) is 18.2 Å². The fraction of sp³-hybridized carbons (Fsp3) is 0.632. The van der Waals surface area contributed by atoms with Crippen molar-refractivity contribution < 1.29 is 9.53 Å². The van der Waals surface area contributed by atoms with Crippen molar-refractivity contribution in [2.75, 3.05) is 26.7 Å². The lowest BCUT2D eigenvalue weighted by Crippen LogP contribution is -2.38. The Bertz CT molecular complexity index is 502. The molecule has 1 N–H and O–H groups in total. The van der Waals surface area contributed by atoms with Crippen LogP contribution in [0.2, 0.25) is 0 Å². The van der Waals surface area contributed by atoms with Gasteiger partial charge in [-0.05, 0) is 89.3 Å². The molecule has 1 aliphatic rings. The number of hydrogen-bond acceptors (Lipinski definition) is 3. The Labute approximate surface area is 140 Å².